The van der Waals surface area contributed by atoms with Gasteiger partial charge in [0.2, 0.25) is 0 Å². The lowest BCUT2D eigenvalue weighted by Crippen LogP contribution is -2.22. The molecule has 0 bridgehead atoms. The molecule has 2 rings (SSSR count). The van der Waals surface area contributed by atoms with Crippen molar-refractivity contribution >= 4 is 5.69 Å². The predicted octanol–water partition coefficient (Wildman–Crippen LogP) is 2.74. The lowest BCUT2D eigenvalue weighted by atomic mass is 10.1. The molecule has 1 unspecified atom stereocenters. The highest BCUT2D eigenvalue weighted by Gasteiger charge is 2.27. The first-order valence-corrected chi connectivity index (χ1v) is 6.64. The summed E-state index contributed by atoms with van der Waals surface area (Å²) in [7, 11) is 1.58. The van der Waals surface area contributed by atoms with E-state index in [1.165, 1.54) is 18.9 Å². The van der Waals surface area contributed by atoms with Crippen LogP contribution in [0.3, 0.4) is 0 Å². The number of hydrogen-bond donors (Lipinski definition) is 1. The van der Waals surface area contributed by atoms with Crippen LogP contribution >= 0.6 is 0 Å². The molecule has 0 spiro atoms. The highest BCUT2D eigenvalue weighted by atomic mass is 16.6. The summed E-state index contributed by atoms with van der Waals surface area (Å²) in [6.45, 7) is 3.79. The van der Waals surface area contributed by atoms with Crippen LogP contribution < -0.4 is 10.1 Å². The summed E-state index contributed by atoms with van der Waals surface area (Å²) < 4.78 is 5.23. The lowest BCUT2D eigenvalue weighted by molar-refractivity contribution is -0.384. The molecule has 5 heteroatoms. The van der Waals surface area contributed by atoms with Gasteiger partial charge in [0, 0.05) is 24.2 Å². The highest BCUT2D eigenvalue weighted by Crippen LogP contribution is 2.36. The molecule has 1 aliphatic rings. The minimum Gasteiger partial charge on any atom is -0.496 e. The van der Waals surface area contributed by atoms with Gasteiger partial charge in [-0.2, -0.15) is 0 Å². The Balaban J connectivity index is 1.96. The third-order valence-electron chi connectivity index (χ3n) is 3.68. The zero-order valence-electron chi connectivity index (χ0n) is 11.4. The topological polar surface area (TPSA) is 64.4 Å². The Labute approximate surface area is 113 Å². The number of methoxy groups -OCH3 is 1. The smallest absolute Gasteiger partial charge is 0.270 e. The predicted molar refractivity (Wildman–Crippen MR) is 73.2 cm³/mol. The maximum atomic E-state index is 10.8. The largest absolute Gasteiger partial charge is 0.496 e. The number of nitro benzene ring substituents is 1. The van der Waals surface area contributed by atoms with Crippen LogP contribution in [0.15, 0.2) is 18.2 Å². The number of nitro groups is 1. The van der Waals surface area contributed by atoms with Crippen LogP contribution in [-0.4, -0.2) is 18.6 Å². The Morgan fingerprint density at radius 2 is 2.26 bits per heavy atom. The van der Waals surface area contributed by atoms with Gasteiger partial charge in [-0.15, -0.1) is 0 Å². The number of rotatable bonds is 7. The van der Waals surface area contributed by atoms with Crippen LogP contribution in [0.25, 0.3) is 0 Å². The highest BCUT2D eigenvalue weighted by molar-refractivity contribution is 5.43. The van der Waals surface area contributed by atoms with Crippen LogP contribution in [-0.2, 0) is 6.54 Å². The second-order valence-electron chi connectivity index (χ2n) is 5.20. The second kappa shape index (κ2) is 6.02. The average molecular weight is 264 g/mol. The molecular weight excluding hydrogens is 244 g/mol. The monoisotopic (exact) mass is 264 g/mol. The van der Waals surface area contributed by atoms with E-state index in [1.54, 1.807) is 19.2 Å². The van der Waals surface area contributed by atoms with Crippen molar-refractivity contribution in [2.45, 2.75) is 26.3 Å². The Kier molecular flexibility index (Phi) is 4.37. The van der Waals surface area contributed by atoms with E-state index in [-0.39, 0.29) is 10.6 Å². The number of nitrogens with zero attached hydrogens (tertiary/aromatic N) is 1. The van der Waals surface area contributed by atoms with E-state index in [0.717, 1.165) is 18.0 Å². The molecular formula is C14H20N2O3. The molecule has 5 nitrogen and oxygen atoms in total. The Morgan fingerprint density at radius 1 is 1.53 bits per heavy atom. The third-order valence-corrected chi connectivity index (χ3v) is 3.68. The SMILES string of the molecule is COc1ccc([N+](=O)[O-])cc1CNCC(C)C1CC1. The number of benzene rings is 1. The molecule has 1 N–H and O–H groups in total. The van der Waals surface area contributed by atoms with E-state index in [9.17, 15) is 10.1 Å². The first-order valence-electron chi connectivity index (χ1n) is 6.64. The average Bonchev–Trinajstić information content (AvgIpc) is 3.22. The van der Waals surface area contributed by atoms with E-state index in [2.05, 4.69) is 12.2 Å². The number of nitrogens with one attached hydrogen (secondary N) is 1. The summed E-state index contributed by atoms with van der Waals surface area (Å²) in [4.78, 5) is 10.4. The zero-order chi connectivity index (χ0) is 13.8. The molecule has 0 aromatic heterocycles. The van der Waals surface area contributed by atoms with Gasteiger partial charge in [-0.25, -0.2) is 0 Å². The van der Waals surface area contributed by atoms with E-state index in [1.807, 2.05) is 0 Å². The van der Waals surface area contributed by atoms with Gasteiger partial charge in [0.1, 0.15) is 5.75 Å². The van der Waals surface area contributed by atoms with Crippen molar-refractivity contribution < 1.29 is 9.66 Å². The Bertz CT molecular complexity index is 458. The van der Waals surface area contributed by atoms with Crippen molar-refractivity contribution in [1.29, 1.82) is 0 Å². The fraction of sp³-hybridized carbons (Fsp3) is 0.571. The van der Waals surface area contributed by atoms with Crippen LogP contribution in [0.1, 0.15) is 25.3 Å². The molecule has 0 saturated heterocycles. The first-order chi connectivity index (χ1) is 9.11. The standard InChI is InChI=1S/C14H20N2O3/c1-10(11-3-4-11)8-15-9-12-7-13(16(17)18)5-6-14(12)19-2/h5-7,10-11,15H,3-4,8-9H2,1-2H3. The van der Waals surface area contributed by atoms with Crippen molar-refractivity contribution in [2.24, 2.45) is 11.8 Å². The molecule has 0 radical (unpaired) electrons. The van der Waals surface area contributed by atoms with Crippen LogP contribution in [0.5, 0.6) is 5.75 Å². The van der Waals surface area contributed by atoms with Gasteiger partial charge in [-0.05, 0) is 37.3 Å². The molecule has 1 aromatic carbocycles. The van der Waals surface area contributed by atoms with Gasteiger partial charge in [0.15, 0.2) is 0 Å². The van der Waals surface area contributed by atoms with Gasteiger partial charge in [-0.1, -0.05) is 6.92 Å². The van der Waals surface area contributed by atoms with Crippen molar-refractivity contribution in [2.75, 3.05) is 13.7 Å². The maximum absolute atomic E-state index is 10.8. The molecule has 1 fully saturated rings. The molecule has 19 heavy (non-hydrogen) atoms. The summed E-state index contributed by atoms with van der Waals surface area (Å²) >= 11 is 0. The fourth-order valence-electron chi connectivity index (χ4n) is 2.28. The van der Waals surface area contributed by atoms with Crippen molar-refractivity contribution in [3.05, 3.63) is 33.9 Å². The minimum absolute atomic E-state index is 0.104. The minimum atomic E-state index is -0.379. The van der Waals surface area contributed by atoms with E-state index in [0.29, 0.717) is 18.2 Å². The van der Waals surface area contributed by atoms with Crippen LogP contribution in [0, 0.1) is 22.0 Å². The van der Waals surface area contributed by atoms with Gasteiger partial charge < -0.3 is 10.1 Å². The van der Waals surface area contributed by atoms with Gasteiger partial charge in [0.05, 0.1) is 12.0 Å². The van der Waals surface area contributed by atoms with Gasteiger partial charge >= 0.3 is 0 Å². The Hall–Kier alpha value is -1.62. The summed E-state index contributed by atoms with van der Waals surface area (Å²) in [6, 6.07) is 4.70. The Morgan fingerprint density at radius 3 is 2.84 bits per heavy atom. The number of hydrogen-bond acceptors (Lipinski definition) is 4. The molecule has 0 amide bonds. The molecule has 1 aliphatic carbocycles. The van der Waals surface area contributed by atoms with Crippen molar-refractivity contribution in [1.82, 2.24) is 5.32 Å². The molecule has 0 heterocycles. The normalized spacial score (nSPS) is 16.1. The number of non-ortho nitro benzene ring substituents is 1. The van der Waals surface area contributed by atoms with E-state index in [4.69, 9.17) is 4.74 Å². The summed E-state index contributed by atoms with van der Waals surface area (Å²) in [5.74, 6) is 2.22. The summed E-state index contributed by atoms with van der Waals surface area (Å²) in [5.41, 5.74) is 0.938. The van der Waals surface area contributed by atoms with Crippen molar-refractivity contribution in [3.8, 4) is 5.75 Å². The summed E-state index contributed by atoms with van der Waals surface area (Å²) in [5, 5.41) is 14.1. The fourth-order valence-corrected chi connectivity index (χ4v) is 2.28. The van der Waals surface area contributed by atoms with Crippen LogP contribution in [0.4, 0.5) is 5.69 Å². The summed E-state index contributed by atoms with van der Waals surface area (Å²) in [6.07, 6.45) is 2.67. The van der Waals surface area contributed by atoms with E-state index < -0.39 is 0 Å². The quantitative estimate of drug-likeness (QED) is 0.607. The maximum Gasteiger partial charge on any atom is 0.270 e. The molecule has 1 atom stereocenters. The first kappa shape index (κ1) is 13.8. The molecule has 1 saturated carbocycles. The zero-order valence-corrected chi connectivity index (χ0v) is 11.4. The molecule has 104 valence electrons. The lowest BCUT2D eigenvalue weighted by Gasteiger charge is -2.13. The third kappa shape index (κ3) is 3.67. The second-order valence-corrected chi connectivity index (χ2v) is 5.20. The van der Waals surface area contributed by atoms with E-state index >= 15 is 0 Å². The van der Waals surface area contributed by atoms with Gasteiger partial charge in [-0.3, -0.25) is 10.1 Å². The van der Waals surface area contributed by atoms with Crippen molar-refractivity contribution in [3.63, 3.8) is 0 Å². The van der Waals surface area contributed by atoms with Gasteiger partial charge in [0.25, 0.3) is 5.69 Å². The molecule has 0 aliphatic heterocycles. The molecule has 1 aromatic rings. The van der Waals surface area contributed by atoms with Crippen LogP contribution in [0.2, 0.25) is 0 Å². The number of ether oxygens (including phenoxy) is 1.